The Labute approximate surface area is 212 Å². The van der Waals surface area contributed by atoms with Crippen molar-refractivity contribution in [2.45, 2.75) is 57.0 Å². The third-order valence-corrected chi connectivity index (χ3v) is 7.56. The minimum atomic E-state index is -0.0666. The molecule has 2 fully saturated rings. The van der Waals surface area contributed by atoms with Crippen LogP contribution in [0.1, 0.15) is 51.5 Å². The number of nitrogens with one attached hydrogen (secondary N) is 2. The highest BCUT2D eigenvalue weighted by Gasteiger charge is 2.30. The Morgan fingerprint density at radius 1 is 1.14 bits per heavy atom. The lowest BCUT2D eigenvalue weighted by Gasteiger charge is -2.34. The fraction of sp³-hybridized carbons (Fsp3) is 0.577. The van der Waals surface area contributed by atoms with Crippen LogP contribution < -0.4 is 10.6 Å². The van der Waals surface area contributed by atoms with E-state index in [1.54, 1.807) is 0 Å². The number of ether oxygens (including phenoxy) is 1. The lowest BCUT2D eigenvalue weighted by molar-refractivity contribution is 0.0656. The van der Waals surface area contributed by atoms with E-state index < -0.39 is 0 Å². The largest absolute Gasteiger partial charge is 0.381 e. The van der Waals surface area contributed by atoms with E-state index in [0.717, 1.165) is 74.2 Å². The molecule has 5 rings (SSSR count). The van der Waals surface area contributed by atoms with Crippen LogP contribution in [0.4, 0.5) is 17.6 Å². The van der Waals surface area contributed by atoms with Gasteiger partial charge >= 0.3 is 0 Å². The molecule has 2 N–H and O–H groups in total. The van der Waals surface area contributed by atoms with Crippen LogP contribution in [0.15, 0.2) is 30.5 Å². The summed E-state index contributed by atoms with van der Waals surface area (Å²) in [6, 6.07) is 8.09. The number of aromatic nitrogens is 4. The van der Waals surface area contributed by atoms with Gasteiger partial charge in [0.15, 0.2) is 5.65 Å². The second kappa shape index (κ2) is 10.3. The molecule has 3 aromatic rings. The second-order valence-electron chi connectivity index (χ2n) is 10.6. The maximum Gasteiger partial charge on any atom is 0.225 e. The number of hydrogen-bond acceptors (Lipinski definition) is 7. The van der Waals surface area contributed by atoms with E-state index in [1.807, 2.05) is 30.5 Å². The minimum absolute atomic E-state index is 0.0666. The number of fused-ring (bicyclic) bond motifs is 1. The number of anilines is 3. The number of imidazole rings is 1. The molecule has 8 nitrogen and oxygen atoms in total. The number of halogens is 1. The molecule has 0 unspecified atom stereocenters. The van der Waals surface area contributed by atoms with Crippen molar-refractivity contribution in [2.24, 2.45) is 5.92 Å². The van der Waals surface area contributed by atoms with Gasteiger partial charge in [-0.05, 0) is 83.7 Å². The second-order valence-corrected chi connectivity index (χ2v) is 11.0. The van der Waals surface area contributed by atoms with Crippen molar-refractivity contribution in [3.05, 3.63) is 35.5 Å². The summed E-state index contributed by atoms with van der Waals surface area (Å²) < 4.78 is 7.85. The van der Waals surface area contributed by atoms with Crippen LogP contribution in [0.25, 0.3) is 11.2 Å². The summed E-state index contributed by atoms with van der Waals surface area (Å²) in [5, 5.41) is 7.79. The summed E-state index contributed by atoms with van der Waals surface area (Å²) in [6.45, 7) is 4.88. The van der Waals surface area contributed by atoms with Crippen LogP contribution in [-0.2, 0) is 4.74 Å². The molecule has 1 aliphatic heterocycles. The molecule has 1 saturated heterocycles. The average molecular weight is 498 g/mol. The Morgan fingerprint density at radius 3 is 2.63 bits per heavy atom. The number of benzene rings is 1. The zero-order chi connectivity index (χ0) is 24.4. The molecule has 2 aromatic heterocycles. The van der Waals surface area contributed by atoms with Gasteiger partial charge in [0, 0.05) is 42.0 Å². The first-order valence-electron chi connectivity index (χ1n) is 12.7. The Hall–Kier alpha value is -2.42. The van der Waals surface area contributed by atoms with E-state index in [9.17, 15) is 0 Å². The van der Waals surface area contributed by atoms with Crippen molar-refractivity contribution >= 4 is 40.3 Å². The van der Waals surface area contributed by atoms with Crippen molar-refractivity contribution < 1.29 is 4.74 Å². The van der Waals surface area contributed by atoms with Crippen LogP contribution in [0.5, 0.6) is 0 Å². The Morgan fingerprint density at radius 2 is 1.91 bits per heavy atom. The van der Waals surface area contributed by atoms with E-state index in [0.29, 0.717) is 17.0 Å². The van der Waals surface area contributed by atoms with E-state index in [1.165, 1.54) is 12.8 Å². The summed E-state index contributed by atoms with van der Waals surface area (Å²) in [6.07, 6.45) is 8.33. The normalized spacial score (nSPS) is 22.4. The predicted octanol–water partition coefficient (Wildman–Crippen LogP) is 5.50. The molecular formula is C26H36ClN7O. The minimum Gasteiger partial charge on any atom is -0.381 e. The van der Waals surface area contributed by atoms with Crippen LogP contribution >= 0.6 is 11.6 Å². The van der Waals surface area contributed by atoms with E-state index in [2.05, 4.69) is 46.1 Å². The van der Waals surface area contributed by atoms with Gasteiger partial charge < -0.3 is 20.3 Å². The van der Waals surface area contributed by atoms with Gasteiger partial charge in [0.05, 0.1) is 6.20 Å². The van der Waals surface area contributed by atoms with Crippen molar-refractivity contribution in [2.75, 3.05) is 44.5 Å². The highest BCUT2D eigenvalue weighted by molar-refractivity contribution is 6.30. The van der Waals surface area contributed by atoms with Crippen LogP contribution in [0.2, 0.25) is 5.02 Å². The quantitative estimate of drug-likeness (QED) is 0.446. The van der Waals surface area contributed by atoms with Gasteiger partial charge in [-0.15, -0.1) is 0 Å². The van der Waals surface area contributed by atoms with Crippen molar-refractivity contribution in [1.29, 1.82) is 0 Å². The van der Waals surface area contributed by atoms with Crippen LogP contribution in [0.3, 0.4) is 0 Å². The van der Waals surface area contributed by atoms with Gasteiger partial charge in [-0.2, -0.15) is 4.98 Å². The Kier molecular flexibility index (Phi) is 7.14. The smallest absolute Gasteiger partial charge is 0.225 e. The molecule has 1 saturated carbocycles. The summed E-state index contributed by atoms with van der Waals surface area (Å²) in [5.74, 6) is 2.18. The highest BCUT2D eigenvalue weighted by Crippen LogP contribution is 2.37. The van der Waals surface area contributed by atoms with Crippen molar-refractivity contribution in [3.63, 3.8) is 0 Å². The zero-order valence-electron chi connectivity index (χ0n) is 20.9. The SMILES string of the molecule is CN(C)C[C@H]1CC[C@H](n2c(Nc3cccc(Cl)c3)nc3cnc(NC4(C)CCOCC4)nc32)CC1. The van der Waals surface area contributed by atoms with Gasteiger partial charge in [-0.3, -0.25) is 4.57 Å². The van der Waals surface area contributed by atoms with Gasteiger partial charge in [0.1, 0.15) is 5.52 Å². The summed E-state index contributed by atoms with van der Waals surface area (Å²) in [5.41, 5.74) is 2.52. The number of hydrogen-bond donors (Lipinski definition) is 2. The molecule has 0 atom stereocenters. The first kappa shape index (κ1) is 24.3. The van der Waals surface area contributed by atoms with Gasteiger partial charge in [0.25, 0.3) is 0 Å². The monoisotopic (exact) mass is 497 g/mol. The molecule has 1 aliphatic carbocycles. The first-order chi connectivity index (χ1) is 16.9. The molecule has 0 spiro atoms. The molecule has 3 heterocycles. The number of nitrogens with zero attached hydrogens (tertiary/aromatic N) is 5. The molecule has 2 aliphatic rings. The van der Waals surface area contributed by atoms with Crippen molar-refractivity contribution in [3.8, 4) is 0 Å². The molecule has 1 aromatic carbocycles. The summed E-state index contributed by atoms with van der Waals surface area (Å²) in [4.78, 5) is 16.8. The Bertz CT molecular complexity index is 1150. The van der Waals surface area contributed by atoms with E-state index >= 15 is 0 Å². The van der Waals surface area contributed by atoms with E-state index in [-0.39, 0.29) is 5.54 Å². The first-order valence-corrected chi connectivity index (χ1v) is 13.0. The standard InChI is InChI=1S/C26H36ClN7O/c1-26(11-13-35-14-12-26)32-24-28-16-22-23(31-24)34(21-9-7-18(8-10-21)17-33(2)3)25(30-22)29-20-6-4-5-19(27)15-20/h4-6,15-16,18,21H,7-14,17H2,1-3H3,(H,29,30)(H,28,31,32)/t18-,21-. The van der Waals surface area contributed by atoms with Crippen LogP contribution in [-0.4, -0.2) is 63.8 Å². The topological polar surface area (TPSA) is 80.1 Å². The molecule has 0 radical (unpaired) electrons. The highest BCUT2D eigenvalue weighted by atomic mass is 35.5. The zero-order valence-corrected chi connectivity index (χ0v) is 21.7. The van der Waals surface area contributed by atoms with Gasteiger partial charge in [0.2, 0.25) is 11.9 Å². The number of rotatable bonds is 7. The Balaban J connectivity index is 1.47. The molecular weight excluding hydrogens is 462 g/mol. The molecule has 0 bridgehead atoms. The molecule has 188 valence electrons. The van der Waals surface area contributed by atoms with Crippen molar-refractivity contribution in [1.82, 2.24) is 24.4 Å². The summed E-state index contributed by atoms with van der Waals surface area (Å²) in [7, 11) is 4.32. The average Bonchev–Trinajstić information content (AvgIpc) is 3.16. The lowest BCUT2D eigenvalue weighted by atomic mass is 9.85. The molecule has 0 amide bonds. The van der Waals surface area contributed by atoms with Gasteiger partial charge in [-0.25, -0.2) is 9.97 Å². The predicted molar refractivity (Wildman–Crippen MR) is 142 cm³/mol. The third-order valence-electron chi connectivity index (χ3n) is 7.33. The fourth-order valence-electron chi connectivity index (χ4n) is 5.40. The maximum atomic E-state index is 6.25. The lowest BCUT2D eigenvalue weighted by Crippen LogP contribution is -2.41. The summed E-state index contributed by atoms with van der Waals surface area (Å²) >= 11 is 6.25. The van der Waals surface area contributed by atoms with E-state index in [4.69, 9.17) is 26.3 Å². The molecule has 35 heavy (non-hydrogen) atoms. The third kappa shape index (κ3) is 5.71. The van der Waals surface area contributed by atoms with Gasteiger partial charge in [-0.1, -0.05) is 17.7 Å². The fourth-order valence-corrected chi connectivity index (χ4v) is 5.59. The van der Waals surface area contributed by atoms with Crippen LogP contribution in [0, 0.1) is 5.92 Å². The molecule has 9 heteroatoms. The maximum absolute atomic E-state index is 6.25.